The lowest BCUT2D eigenvalue weighted by molar-refractivity contribution is -0.143. The number of aryl methyl sites for hydroxylation is 1. The maximum Gasteiger partial charge on any atom is 0.247 e. The number of pyridine rings is 1. The van der Waals surface area contributed by atoms with Gasteiger partial charge in [0.15, 0.2) is 0 Å². The summed E-state index contributed by atoms with van der Waals surface area (Å²) in [6.07, 6.45) is 8.90. The predicted octanol–water partition coefficient (Wildman–Crippen LogP) is 4.24. The number of likely N-dealkylation sites (N-methyl/N-ethyl adjacent to an activating group) is 1. The van der Waals surface area contributed by atoms with Gasteiger partial charge in [0.1, 0.15) is 6.04 Å². The van der Waals surface area contributed by atoms with Crippen LogP contribution in [0.25, 0.3) is 17.2 Å². The Morgan fingerprint density at radius 2 is 1.65 bits per heavy atom. The summed E-state index contributed by atoms with van der Waals surface area (Å²) >= 11 is 0. The van der Waals surface area contributed by atoms with E-state index in [0.717, 1.165) is 22.3 Å². The van der Waals surface area contributed by atoms with Crippen molar-refractivity contribution < 1.29 is 14.3 Å². The average molecular weight is 538 g/mol. The van der Waals surface area contributed by atoms with Gasteiger partial charge in [-0.2, -0.15) is 5.10 Å². The van der Waals surface area contributed by atoms with Gasteiger partial charge >= 0.3 is 0 Å². The van der Waals surface area contributed by atoms with E-state index in [1.807, 2.05) is 86.0 Å². The van der Waals surface area contributed by atoms with Crippen LogP contribution in [0.5, 0.6) is 0 Å². The smallest absolute Gasteiger partial charge is 0.247 e. The summed E-state index contributed by atoms with van der Waals surface area (Å²) in [6, 6.07) is 22.8. The van der Waals surface area contributed by atoms with Crippen LogP contribution < -0.4 is 0 Å². The second kappa shape index (κ2) is 14.0. The Balaban J connectivity index is 1.67. The van der Waals surface area contributed by atoms with E-state index in [0.29, 0.717) is 25.3 Å². The van der Waals surface area contributed by atoms with Gasteiger partial charge in [0.25, 0.3) is 0 Å². The van der Waals surface area contributed by atoms with Gasteiger partial charge in [-0.25, -0.2) is 0 Å². The van der Waals surface area contributed by atoms with E-state index in [1.54, 1.807) is 47.1 Å². The fourth-order valence-corrected chi connectivity index (χ4v) is 4.42. The van der Waals surface area contributed by atoms with Crippen LogP contribution in [0.3, 0.4) is 0 Å². The van der Waals surface area contributed by atoms with Gasteiger partial charge in [-0.15, -0.1) is 0 Å². The monoisotopic (exact) mass is 537 g/mol. The molecule has 8 heteroatoms. The van der Waals surface area contributed by atoms with Crippen molar-refractivity contribution in [3.05, 3.63) is 114 Å². The molecule has 0 aliphatic heterocycles. The van der Waals surface area contributed by atoms with Gasteiger partial charge in [-0.05, 0) is 46.5 Å². The molecule has 2 aromatic carbocycles. The molecule has 206 valence electrons. The van der Waals surface area contributed by atoms with Crippen LogP contribution in [0.1, 0.15) is 16.8 Å². The lowest BCUT2D eigenvalue weighted by Gasteiger charge is -2.33. The third-order valence-electron chi connectivity index (χ3n) is 6.67. The molecule has 0 aliphatic rings. The van der Waals surface area contributed by atoms with Crippen LogP contribution in [0.2, 0.25) is 0 Å². The van der Waals surface area contributed by atoms with Gasteiger partial charge in [-0.3, -0.25) is 19.3 Å². The highest BCUT2D eigenvalue weighted by Crippen LogP contribution is 2.21. The second-order valence-electron chi connectivity index (χ2n) is 9.60. The van der Waals surface area contributed by atoms with Gasteiger partial charge < -0.3 is 14.5 Å². The summed E-state index contributed by atoms with van der Waals surface area (Å²) in [5.41, 5.74) is 4.67. The molecule has 0 saturated heterocycles. The van der Waals surface area contributed by atoms with Crippen molar-refractivity contribution in [3.63, 3.8) is 0 Å². The van der Waals surface area contributed by atoms with Gasteiger partial charge in [0, 0.05) is 65.4 Å². The highest BCUT2D eigenvalue weighted by Gasteiger charge is 2.31. The van der Waals surface area contributed by atoms with Crippen molar-refractivity contribution in [1.82, 2.24) is 24.6 Å². The number of carbonyl (C=O) groups excluding carboxylic acids is 2. The first-order valence-electron chi connectivity index (χ1n) is 13.2. The number of methoxy groups -OCH3 is 1. The number of amides is 2. The summed E-state index contributed by atoms with van der Waals surface area (Å²) in [5, 5.41) is 4.34. The molecule has 2 amide bonds. The molecule has 2 heterocycles. The van der Waals surface area contributed by atoms with Crippen LogP contribution in [-0.2, 0) is 34.3 Å². The minimum Gasteiger partial charge on any atom is -0.383 e. The number of aromatic nitrogens is 3. The zero-order valence-electron chi connectivity index (χ0n) is 23.2. The third-order valence-corrected chi connectivity index (χ3v) is 6.67. The molecule has 40 heavy (non-hydrogen) atoms. The fraction of sp³-hybridized carbons (Fsp3) is 0.250. The molecule has 8 nitrogen and oxygen atoms in total. The first kappa shape index (κ1) is 28.4. The van der Waals surface area contributed by atoms with Crippen LogP contribution in [-0.4, -0.2) is 69.7 Å². The van der Waals surface area contributed by atoms with Gasteiger partial charge in [0.2, 0.25) is 11.8 Å². The van der Waals surface area contributed by atoms with Gasteiger partial charge in [-0.1, -0.05) is 54.6 Å². The maximum atomic E-state index is 13.8. The van der Waals surface area contributed by atoms with Crippen molar-refractivity contribution in [2.45, 2.75) is 19.0 Å². The number of rotatable bonds is 12. The number of hydrogen-bond donors (Lipinski definition) is 0. The van der Waals surface area contributed by atoms with Crippen molar-refractivity contribution >= 4 is 17.9 Å². The molecule has 0 saturated carbocycles. The predicted molar refractivity (Wildman–Crippen MR) is 156 cm³/mol. The van der Waals surface area contributed by atoms with E-state index in [4.69, 9.17) is 4.74 Å². The summed E-state index contributed by atoms with van der Waals surface area (Å²) in [4.78, 5) is 35.0. The lowest BCUT2D eigenvalue weighted by Crippen LogP contribution is -2.51. The Kier molecular flexibility index (Phi) is 9.96. The van der Waals surface area contributed by atoms with Crippen LogP contribution in [0.15, 0.2) is 97.5 Å². The normalized spacial score (nSPS) is 11.9. The standard InChI is InChI=1S/C32H35N5O3/c1-35(21-22-40-3)32(39)30(23-25-7-5-4-6-8-25)37(31(38)14-13-29-17-20-36(2)34-29)24-26-9-11-27(12-10-26)28-15-18-33-19-16-28/h4-20,30H,21-24H2,1-3H3. The largest absolute Gasteiger partial charge is 0.383 e. The molecule has 1 atom stereocenters. The van der Waals surface area contributed by atoms with E-state index in [1.165, 1.54) is 6.08 Å². The van der Waals surface area contributed by atoms with Crippen LogP contribution in [0, 0.1) is 0 Å². The van der Waals surface area contributed by atoms with Crippen LogP contribution in [0.4, 0.5) is 0 Å². The maximum absolute atomic E-state index is 13.8. The van der Waals surface area contributed by atoms with Gasteiger partial charge in [0.05, 0.1) is 12.3 Å². The molecular weight excluding hydrogens is 502 g/mol. The molecular formula is C32H35N5O3. The summed E-state index contributed by atoms with van der Waals surface area (Å²) in [5.74, 6) is -0.410. The minimum atomic E-state index is -0.718. The highest BCUT2D eigenvalue weighted by molar-refractivity contribution is 5.95. The molecule has 2 aromatic heterocycles. The quantitative estimate of drug-likeness (QED) is 0.253. The molecule has 4 rings (SSSR count). The van der Waals surface area contributed by atoms with E-state index in [-0.39, 0.29) is 18.4 Å². The molecule has 1 unspecified atom stereocenters. The Labute approximate surface area is 235 Å². The molecule has 4 aromatic rings. The fourth-order valence-electron chi connectivity index (χ4n) is 4.42. The number of nitrogens with zero attached hydrogens (tertiary/aromatic N) is 5. The third kappa shape index (κ3) is 7.74. The van der Waals surface area contributed by atoms with Crippen molar-refractivity contribution in [2.75, 3.05) is 27.3 Å². The Morgan fingerprint density at radius 1 is 0.950 bits per heavy atom. The molecule has 0 radical (unpaired) electrons. The molecule has 0 aliphatic carbocycles. The molecule has 0 bridgehead atoms. The number of hydrogen-bond acceptors (Lipinski definition) is 5. The number of ether oxygens (including phenoxy) is 1. The zero-order valence-corrected chi connectivity index (χ0v) is 23.2. The molecule has 0 N–H and O–H groups in total. The molecule has 0 fully saturated rings. The SMILES string of the molecule is COCCN(C)C(=O)C(Cc1ccccc1)N(Cc1ccc(-c2ccncc2)cc1)C(=O)C=Cc1ccn(C)n1. The summed E-state index contributed by atoms with van der Waals surface area (Å²) < 4.78 is 6.88. The summed E-state index contributed by atoms with van der Waals surface area (Å²) in [7, 11) is 5.17. The van der Waals surface area contributed by atoms with Crippen molar-refractivity contribution in [3.8, 4) is 11.1 Å². The number of carbonyl (C=O) groups is 2. The van der Waals surface area contributed by atoms with E-state index < -0.39 is 6.04 Å². The Bertz CT molecular complexity index is 1400. The van der Waals surface area contributed by atoms with E-state index >= 15 is 0 Å². The van der Waals surface area contributed by atoms with Crippen molar-refractivity contribution in [1.29, 1.82) is 0 Å². The Morgan fingerprint density at radius 3 is 2.30 bits per heavy atom. The zero-order chi connectivity index (χ0) is 28.3. The van der Waals surface area contributed by atoms with Crippen LogP contribution >= 0.6 is 0 Å². The summed E-state index contributed by atoms with van der Waals surface area (Å²) in [6.45, 7) is 1.10. The van der Waals surface area contributed by atoms with E-state index in [2.05, 4.69) is 10.1 Å². The Hall–Kier alpha value is -4.56. The van der Waals surface area contributed by atoms with E-state index in [9.17, 15) is 9.59 Å². The second-order valence-corrected chi connectivity index (χ2v) is 9.60. The van der Waals surface area contributed by atoms with Crippen molar-refractivity contribution in [2.24, 2.45) is 7.05 Å². The first-order chi connectivity index (χ1) is 19.4. The average Bonchev–Trinajstić information content (AvgIpc) is 3.42. The highest BCUT2D eigenvalue weighted by atomic mass is 16.5. The topological polar surface area (TPSA) is 80.6 Å². The molecule has 0 spiro atoms. The first-order valence-corrected chi connectivity index (χ1v) is 13.2. The number of benzene rings is 2. The minimum absolute atomic E-state index is 0.145. The lowest BCUT2D eigenvalue weighted by atomic mass is 10.0.